The van der Waals surface area contributed by atoms with Gasteiger partial charge in [-0.05, 0) is 33.6 Å². The van der Waals surface area contributed by atoms with Gasteiger partial charge in [-0.3, -0.25) is 4.79 Å². The van der Waals surface area contributed by atoms with Gasteiger partial charge >= 0.3 is 0 Å². The van der Waals surface area contributed by atoms with E-state index in [9.17, 15) is 4.79 Å². The van der Waals surface area contributed by atoms with Gasteiger partial charge in [0.1, 0.15) is 10.2 Å². The molecule has 0 saturated carbocycles. The van der Waals surface area contributed by atoms with Crippen LogP contribution in [0.3, 0.4) is 0 Å². The summed E-state index contributed by atoms with van der Waals surface area (Å²) in [4.78, 5) is 12.0. The Kier molecular flexibility index (Phi) is 4.50. The van der Waals surface area contributed by atoms with E-state index in [1.807, 2.05) is 24.3 Å². The summed E-state index contributed by atoms with van der Waals surface area (Å²) in [5.41, 5.74) is 0.575. The van der Waals surface area contributed by atoms with Crippen molar-refractivity contribution < 1.29 is 4.74 Å². The summed E-state index contributed by atoms with van der Waals surface area (Å²) in [6.45, 7) is 0.304. The van der Waals surface area contributed by atoms with E-state index in [-0.39, 0.29) is 20.2 Å². The number of aromatic nitrogens is 2. The van der Waals surface area contributed by atoms with Crippen molar-refractivity contribution in [1.29, 1.82) is 0 Å². The first-order valence-electron chi connectivity index (χ1n) is 5.27. The van der Waals surface area contributed by atoms with Crippen LogP contribution in [0, 0.1) is 0 Å². The van der Waals surface area contributed by atoms with E-state index in [2.05, 4.69) is 21.0 Å². The van der Waals surface area contributed by atoms with Gasteiger partial charge in [0, 0.05) is 0 Å². The summed E-state index contributed by atoms with van der Waals surface area (Å²) in [5, 5.41) is 4.16. The van der Waals surface area contributed by atoms with Crippen LogP contribution in [0.4, 0.5) is 0 Å². The molecule has 2 rings (SSSR count). The Labute approximate surface area is 128 Å². The van der Waals surface area contributed by atoms with Gasteiger partial charge in [-0.25, -0.2) is 4.68 Å². The zero-order valence-corrected chi connectivity index (χ0v) is 13.0. The number of nitrogens with zero attached hydrogens (tertiary/aromatic N) is 2. The Morgan fingerprint density at radius 1 is 1.32 bits per heavy atom. The second-order valence-corrected chi connectivity index (χ2v) is 5.26. The highest BCUT2D eigenvalue weighted by molar-refractivity contribution is 9.10. The van der Waals surface area contributed by atoms with E-state index in [0.29, 0.717) is 6.54 Å². The lowest BCUT2D eigenvalue weighted by atomic mass is 10.2. The van der Waals surface area contributed by atoms with Crippen LogP contribution in [0.2, 0.25) is 10.2 Å². The quantitative estimate of drug-likeness (QED) is 0.839. The summed E-state index contributed by atoms with van der Waals surface area (Å²) >= 11 is 14.8. The number of hydrogen-bond donors (Lipinski definition) is 0. The Hall–Kier alpha value is -1.04. The number of hydrogen-bond acceptors (Lipinski definition) is 3. The molecule has 0 fully saturated rings. The van der Waals surface area contributed by atoms with Gasteiger partial charge in [0.2, 0.25) is 0 Å². The summed E-state index contributed by atoms with van der Waals surface area (Å²) in [5.74, 6) is 0.749. The molecular formula is C12H9BrCl2N2O2. The molecular weight excluding hydrogens is 355 g/mol. The van der Waals surface area contributed by atoms with Crippen molar-refractivity contribution in [3.63, 3.8) is 0 Å². The van der Waals surface area contributed by atoms with Gasteiger partial charge in [-0.15, -0.1) is 0 Å². The maximum atomic E-state index is 12.0. The molecule has 1 aromatic heterocycles. The van der Waals surface area contributed by atoms with Crippen molar-refractivity contribution in [3.05, 3.63) is 54.8 Å². The van der Waals surface area contributed by atoms with Gasteiger partial charge < -0.3 is 4.74 Å². The zero-order chi connectivity index (χ0) is 14.0. The van der Waals surface area contributed by atoms with Crippen LogP contribution in [-0.4, -0.2) is 16.9 Å². The Balaban J connectivity index is 2.35. The second kappa shape index (κ2) is 5.94. The first kappa shape index (κ1) is 14.4. The van der Waals surface area contributed by atoms with Crippen molar-refractivity contribution >= 4 is 39.1 Å². The molecule has 0 bridgehead atoms. The molecule has 0 unspecified atom stereocenters. The SMILES string of the molecule is COc1ccc(Cn2nc(Cl)c(Cl)c(Br)c2=O)cc1. The standard InChI is InChI=1S/C12H9BrCl2N2O2/c1-19-8-4-2-7(3-5-8)6-17-12(18)9(13)10(14)11(15)16-17/h2-5H,6H2,1H3. The lowest BCUT2D eigenvalue weighted by molar-refractivity contribution is 0.414. The first-order chi connectivity index (χ1) is 9.02. The van der Waals surface area contributed by atoms with E-state index in [1.165, 1.54) is 4.68 Å². The summed E-state index contributed by atoms with van der Waals surface area (Å²) in [7, 11) is 1.59. The van der Waals surface area contributed by atoms with Crippen molar-refractivity contribution in [2.45, 2.75) is 6.54 Å². The van der Waals surface area contributed by atoms with E-state index in [1.54, 1.807) is 7.11 Å². The van der Waals surface area contributed by atoms with Crippen LogP contribution in [-0.2, 0) is 6.54 Å². The third-order valence-corrected chi connectivity index (χ3v) is 4.19. The molecule has 2 aromatic rings. The summed E-state index contributed by atoms with van der Waals surface area (Å²) in [6.07, 6.45) is 0. The van der Waals surface area contributed by atoms with Crippen LogP contribution in [0.1, 0.15) is 5.56 Å². The van der Waals surface area contributed by atoms with Crippen LogP contribution in [0.15, 0.2) is 33.5 Å². The topological polar surface area (TPSA) is 44.1 Å². The number of rotatable bonds is 3. The van der Waals surface area contributed by atoms with E-state index >= 15 is 0 Å². The fraction of sp³-hybridized carbons (Fsp3) is 0.167. The molecule has 19 heavy (non-hydrogen) atoms. The van der Waals surface area contributed by atoms with Gasteiger partial charge in [0.25, 0.3) is 5.56 Å². The number of ether oxygens (including phenoxy) is 1. The minimum atomic E-state index is -0.329. The molecule has 0 amide bonds. The van der Waals surface area contributed by atoms with Crippen LogP contribution in [0.25, 0.3) is 0 Å². The molecule has 0 aliphatic heterocycles. The highest BCUT2D eigenvalue weighted by Crippen LogP contribution is 2.24. The molecule has 100 valence electrons. The second-order valence-electron chi connectivity index (χ2n) is 3.73. The van der Waals surface area contributed by atoms with Crippen molar-refractivity contribution in [2.24, 2.45) is 0 Å². The molecule has 0 spiro atoms. The zero-order valence-electron chi connectivity index (χ0n) is 9.86. The normalized spacial score (nSPS) is 10.5. The molecule has 0 radical (unpaired) electrons. The lowest BCUT2D eigenvalue weighted by Crippen LogP contribution is -2.24. The van der Waals surface area contributed by atoms with Crippen LogP contribution >= 0.6 is 39.1 Å². The maximum Gasteiger partial charge on any atom is 0.283 e. The van der Waals surface area contributed by atoms with Gasteiger partial charge in [-0.1, -0.05) is 35.3 Å². The minimum Gasteiger partial charge on any atom is -0.497 e. The number of benzene rings is 1. The molecule has 0 aliphatic rings. The van der Waals surface area contributed by atoms with Crippen molar-refractivity contribution in [1.82, 2.24) is 9.78 Å². The molecule has 1 heterocycles. The van der Waals surface area contributed by atoms with E-state index in [0.717, 1.165) is 11.3 Å². The van der Waals surface area contributed by atoms with Gasteiger partial charge in [0.15, 0.2) is 5.15 Å². The predicted molar refractivity (Wildman–Crippen MR) is 78.3 cm³/mol. The lowest BCUT2D eigenvalue weighted by Gasteiger charge is -2.08. The van der Waals surface area contributed by atoms with Gasteiger partial charge in [0.05, 0.1) is 18.7 Å². The monoisotopic (exact) mass is 362 g/mol. The molecule has 4 nitrogen and oxygen atoms in total. The summed E-state index contributed by atoms with van der Waals surface area (Å²) < 4.78 is 6.53. The van der Waals surface area contributed by atoms with Crippen LogP contribution in [0.5, 0.6) is 5.75 Å². The van der Waals surface area contributed by atoms with Gasteiger partial charge in [-0.2, -0.15) is 5.10 Å². The Morgan fingerprint density at radius 3 is 2.53 bits per heavy atom. The minimum absolute atomic E-state index is 0.0849. The molecule has 7 heteroatoms. The van der Waals surface area contributed by atoms with E-state index in [4.69, 9.17) is 27.9 Å². The maximum absolute atomic E-state index is 12.0. The largest absolute Gasteiger partial charge is 0.497 e. The fourth-order valence-corrected chi connectivity index (χ4v) is 2.32. The molecule has 1 aromatic carbocycles. The fourth-order valence-electron chi connectivity index (χ4n) is 1.50. The predicted octanol–water partition coefficient (Wildman–Crippen LogP) is 3.37. The van der Waals surface area contributed by atoms with E-state index < -0.39 is 0 Å². The highest BCUT2D eigenvalue weighted by atomic mass is 79.9. The number of methoxy groups -OCH3 is 1. The number of halogens is 3. The first-order valence-corrected chi connectivity index (χ1v) is 6.82. The third kappa shape index (κ3) is 3.11. The average molecular weight is 364 g/mol. The highest BCUT2D eigenvalue weighted by Gasteiger charge is 2.12. The molecule has 0 aliphatic carbocycles. The van der Waals surface area contributed by atoms with Crippen LogP contribution < -0.4 is 10.3 Å². The summed E-state index contributed by atoms with van der Waals surface area (Å²) in [6, 6.07) is 7.33. The molecule has 0 saturated heterocycles. The van der Waals surface area contributed by atoms with Crippen molar-refractivity contribution in [2.75, 3.05) is 7.11 Å². The smallest absolute Gasteiger partial charge is 0.283 e. The Bertz CT molecular complexity index is 656. The third-order valence-electron chi connectivity index (χ3n) is 2.50. The Morgan fingerprint density at radius 2 is 1.95 bits per heavy atom. The molecule has 0 atom stereocenters. The van der Waals surface area contributed by atoms with Crippen molar-refractivity contribution in [3.8, 4) is 5.75 Å². The molecule has 0 N–H and O–H groups in total. The average Bonchev–Trinajstić information content (AvgIpc) is 2.43.